The van der Waals surface area contributed by atoms with E-state index < -0.39 is 5.97 Å². The molecular formula is C13H21BrN2O2S. The van der Waals surface area contributed by atoms with Crippen LogP contribution in [0.4, 0.5) is 0 Å². The third-order valence-corrected chi connectivity index (χ3v) is 5.40. The highest BCUT2D eigenvalue weighted by atomic mass is 79.9. The molecule has 108 valence electrons. The molecule has 1 aromatic rings. The molecular weight excluding hydrogens is 328 g/mol. The topological polar surface area (TPSA) is 55.1 Å². The molecule has 1 rings (SSSR count). The Labute approximate surface area is 127 Å². The zero-order valence-corrected chi connectivity index (χ0v) is 14.2. The Balaban J connectivity index is 2.87. The Bertz CT molecular complexity index is 446. The second-order valence-electron chi connectivity index (χ2n) is 4.69. The number of halogens is 1. The Kier molecular flexibility index (Phi) is 6.39. The fourth-order valence-corrected chi connectivity index (χ4v) is 3.92. The predicted molar refractivity (Wildman–Crippen MR) is 82.5 cm³/mol. The number of rotatable bonds is 7. The van der Waals surface area contributed by atoms with Gasteiger partial charge < -0.3 is 5.11 Å². The van der Waals surface area contributed by atoms with Crippen LogP contribution in [0.1, 0.15) is 39.1 Å². The van der Waals surface area contributed by atoms with E-state index in [1.54, 1.807) is 0 Å². The number of nitrogens with zero attached hydrogens (tertiary/aromatic N) is 2. The molecule has 0 amide bonds. The molecule has 0 saturated carbocycles. The van der Waals surface area contributed by atoms with Crippen LogP contribution >= 0.6 is 27.7 Å². The van der Waals surface area contributed by atoms with Crippen molar-refractivity contribution >= 4 is 33.7 Å². The molecule has 0 aliphatic heterocycles. The van der Waals surface area contributed by atoms with Gasteiger partial charge in [-0.2, -0.15) is 5.10 Å². The Hall–Kier alpha value is -0.490. The summed E-state index contributed by atoms with van der Waals surface area (Å²) in [6.07, 6.45) is 0.873. The van der Waals surface area contributed by atoms with Crippen molar-refractivity contribution in [3.05, 3.63) is 15.9 Å². The Morgan fingerprint density at radius 2 is 2.11 bits per heavy atom. The van der Waals surface area contributed by atoms with Crippen LogP contribution < -0.4 is 0 Å². The van der Waals surface area contributed by atoms with Gasteiger partial charge in [0.2, 0.25) is 0 Å². The third kappa shape index (κ3) is 3.99. The van der Waals surface area contributed by atoms with Crippen molar-refractivity contribution in [3.8, 4) is 0 Å². The van der Waals surface area contributed by atoms with Gasteiger partial charge in [0.15, 0.2) is 0 Å². The maximum atomic E-state index is 11.2. The summed E-state index contributed by atoms with van der Waals surface area (Å²) in [5, 5.41) is 13.4. The van der Waals surface area contributed by atoms with Crippen LogP contribution in [0.5, 0.6) is 0 Å². The van der Waals surface area contributed by atoms with E-state index >= 15 is 0 Å². The van der Waals surface area contributed by atoms with E-state index in [2.05, 4.69) is 28.0 Å². The lowest BCUT2D eigenvalue weighted by Gasteiger charge is -2.16. The van der Waals surface area contributed by atoms with E-state index in [1.165, 1.54) is 11.8 Å². The van der Waals surface area contributed by atoms with E-state index in [0.29, 0.717) is 5.75 Å². The molecule has 0 saturated heterocycles. The number of hydrogen-bond acceptors (Lipinski definition) is 3. The van der Waals surface area contributed by atoms with Gasteiger partial charge in [0.25, 0.3) is 0 Å². The number of aromatic nitrogens is 2. The van der Waals surface area contributed by atoms with Crippen LogP contribution in [0.2, 0.25) is 0 Å². The van der Waals surface area contributed by atoms with Gasteiger partial charge in [-0.1, -0.05) is 20.8 Å². The van der Waals surface area contributed by atoms with Crippen molar-refractivity contribution in [3.63, 3.8) is 0 Å². The van der Waals surface area contributed by atoms with Crippen LogP contribution in [0, 0.1) is 5.92 Å². The summed E-state index contributed by atoms with van der Waals surface area (Å²) >= 11 is 5.05. The molecule has 0 fully saturated rings. The van der Waals surface area contributed by atoms with E-state index in [-0.39, 0.29) is 11.2 Å². The van der Waals surface area contributed by atoms with Crippen LogP contribution in [0.25, 0.3) is 0 Å². The van der Waals surface area contributed by atoms with Crippen molar-refractivity contribution in [2.45, 2.75) is 51.7 Å². The summed E-state index contributed by atoms with van der Waals surface area (Å²) in [4.78, 5) is 11.2. The first-order valence-corrected chi connectivity index (χ1v) is 8.34. The monoisotopic (exact) mass is 348 g/mol. The summed E-state index contributed by atoms with van der Waals surface area (Å²) in [6.45, 7) is 8.79. The maximum Gasteiger partial charge on any atom is 0.316 e. The van der Waals surface area contributed by atoms with Gasteiger partial charge in [-0.05, 0) is 35.2 Å². The van der Waals surface area contributed by atoms with Crippen molar-refractivity contribution < 1.29 is 9.90 Å². The van der Waals surface area contributed by atoms with Crippen molar-refractivity contribution in [1.29, 1.82) is 0 Å². The molecule has 1 aromatic heterocycles. The molecule has 6 heteroatoms. The molecule has 1 heterocycles. The van der Waals surface area contributed by atoms with Gasteiger partial charge in [-0.15, -0.1) is 11.8 Å². The first-order valence-electron chi connectivity index (χ1n) is 6.50. The van der Waals surface area contributed by atoms with Crippen LogP contribution in [0.15, 0.2) is 4.47 Å². The summed E-state index contributed by atoms with van der Waals surface area (Å²) in [5.74, 6) is 0.0376. The van der Waals surface area contributed by atoms with Gasteiger partial charge in [0.1, 0.15) is 5.25 Å². The third-order valence-electron chi connectivity index (χ3n) is 2.94. The fraction of sp³-hybridized carbons (Fsp3) is 0.692. The lowest BCUT2D eigenvalue weighted by Crippen LogP contribution is -2.23. The van der Waals surface area contributed by atoms with E-state index in [9.17, 15) is 9.90 Å². The molecule has 1 unspecified atom stereocenters. The molecule has 1 N–H and O–H groups in total. The van der Waals surface area contributed by atoms with Crippen LogP contribution in [-0.2, 0) is 23.5 Å². The summed E-state index contributed by atoms with van der Waals surface area (Å²) in [5.41, 5.74) is 2.12. The Morgan fingerprint density at radius 1 is 1.47 bits per heavy atom. The minimum atomic E-state index is -0.741. The van der Waals surface area contributed by atoms with Crippen molar-refractivity contribution in [1.82, 2.24) is 9.78 Å². The smallest absolute Gasteiger partial charge is 0.316 e. The summed E-state index contributed by atoms with van der Waals surface area (Å²) < 4.78 is 2.98. The number of thioether (sulfide) groups is 1. The fourth-order valence-electron chi connectivity index (χ4n) is 1.87. The summed E-state index contributed by atoms with van der Waals surface area (Å²) in [6, 6.07) is 0. The molecule has 4 nitrogen and oxygen atoms in total. The van der Waals surface area contributed by atoms with Gasteiger partial charge in [-0.3, -0.25) is 9.48 Å². The summed E-state index contributed by atoms with van der Waals surface area (Å²) in [7, 11) is 0. The maximum absolute atomic E-state index is 11.2. The average Bonchev–Trinajstić information content (AvgIpc) is 2.65. The lowest BCUT2D eigenvalue weighted by atomic mass is 10.1. The molecule has 0 radical (unpaired) electrons. The van der Waals surface area contributed by atoms with Gasteiger partial charge >= 0.3 is 5.97 Å². The van der Waals surface area contributed by atoms with Gasteiger partial charge in [0, 0.05) is 12.3 Å². The lowest BCUT2D eigenvalue weighted by molar-refractivity contribution is -0.137. The molecule has 1 atom stereocenters. The predicted octanol–water partition coefficient (Wildman–Crippen LogP) is 3.57. The van der Waals surface area contributed by atoms with Gasteiger partial charge in [-0.25, -0.2) is 0 Å². The largest absolute Gasteiger partial charge is 0.480 e. The van der Waals surface area contributed by atoms with Crippen molar-refractivity contribution in [2.24, 2.45) is 5.92 Å². The number of carbonyl (C=O) groups is 1. The number of carboxylic acids is 1. The Morgan fingerprint density at radius 3 is 2.53 bits per heavy atom. The average molecular weight is 349 g/mol. The second-order valence-corrected chi connectivity index (χ2v) is 6.61. The van der Waals surface area contributed by atoms with E-state index in [0.717, 1.165) is 28.8 Å². The second kappa shape index (κ2) is 7.33. The molecule has 0 spiro atoms. The van der Waals surface area contributed by atoms with E-state index in [1.807, 2.05) is 25.5 Å². The molecule has 0 aromatic carbocycles. The highest BCUT2D eigenvalue weighted by molar-refractivity contribution is 9.10. The normalized spacial score (nSPS) is 12.9. The first kappa shape index (κ1) is 16.6. The van der Waals surface area contributed by atoms with E-state index in [4.69, 9.17) is 0 Å². The molecule has 19 heavy (non-hydrogen) atoms. The molecule has 0 aliphatic carbocycles. The standard InChI is InChI=1S/C13H21BrN2O2S/c1-5-9-11(14)10(16(6-2)15-9)7-19-12(8(3)4)13(17)18/h8,12H,5-7H2,1-4H3,(H,17,18). The minimum Gasteiger partial charge on any atom is -0.480 e. The molecule has 0 bridgehead atoms. The quantitative estimate of drug-likeness (QED) is 0.818. The SMILES string of the molecule is CCc1nn(CC)c(CSC(C(=O)O)C(C)C)c1Br. The highest BCUT2D eigenvalue weighted by Crippen LogP contribution is 2.30. The van der Waals surface area contributed by atoms with Crippen molar-refractivity contribution in [2.75, 3.05) is 0 Å². The zero-order valence-electron chi connectivity index (χ0n) is 11.8. The number of hydrogen-bond donors (Lipinski definition) is 1. The van der Waals surface area contributed by atoms with Crippen LogP contribution in [-0.4, -0.2) is 26.1 Å². The highest BCUT2D eigenvalue weighted by Gasteiger charge is 2.23. The number of aliphatic carboxylic acids is 1. The van der Waals surface area contributed by atoms with Crippen LogP contribution in [0.3, 0.4) is 0 Å². The first-order chi connectivity index (χ1) is 8.92. The number of carboxylic acid groups (broad SMARTS) is 1. The zero-order chi connectivity index (χ0) is 14.6. The minimum absolute atomic E-state index is 0.116. The number of aryl methyl sites for hydroxylation is 2. The van der Waals surface area contributed by atoms with Gasteiger partial charge in [0.05, 0.1) is 15.9 Å². The molecule has 0 aliphatic rings.